The number of fused-ring (bicyclic) bond motifs is 7. The quantitative estimate of drug-likeness (QED) is 0.295. The molecule has 4 heterocycles. The van der Waals surface area contributed by atoms with Gasteiger partial charge in [0.2, 0.25) is 0 Å². The summed E-state index contributed by atoms with van der Waals surface area (Å²) in [7, 11) is 0. The summed E-state index contributed by atoms with van der Waals surface area (Å²) in [6, 6.07) is 52.0. The van der Waals surface area contributed by atoms with Crippen molar-refractivity contribution in [1.29, 1.82) is 0 Å². The second-order valence-electron chi connectivity index (χ2n) is 12.8. The van der Waals surface area contributed by atoms with E-state index in [1.807, 2.05) is 0 Å². The van der Waals surface area contributed by atoms with Gasteiger partial charge in [0.05, 0.1) is 23.8 Å². The highest BCUT2D eigenvalue weighted by atomic mass is 16.1. The van der Waals surface area contributed by atoms with Gasteiger partial charge in [0.25, 0.3) is 0 Å². The fourth-order valence-corrected chi connectivity index (χ4v) is 7.81. The van der Waals surface area contributed by atoms with Crippen LogP contribution in [0.2, 0.25) is 0 Å². The Morgan fingerprint density at radius 3 is 1.06 bits per heavy atom. The second-order valence-corrected chi connectivity index (χ2v) is 12.8. The van der Waals surface area contributed by atoms with E-state index in [9.17, 15) is 4.79 Å². The van der Waals surface area contributed by atoms with E-state index in [-0.39, 0.29) is 5.78 Å². The molecule has 7 nitrogen and oxygen atoms in total. The Hall–Kier alpha value is -6.08. The number of nitrogens with zero attached hydrogens (tertiary/aromatic N) is 4. The van der Waals surface area contributed by atoms with Crippen molar-refractivity contribution in [3.05, 3.63) is 170 Å². The molecule has 7 aromatic rings. The first kappa shape index (κ1) is 29.3. The van der Waals surface area contributed by atoms with Gasteiger partial charge in [-0.25, -0.2) is 0 Å². The fraction of sp³-hybridized carbons (Fsp3) is 0.0513. The smallest absolute Gasteiger partial charge is 0.450 e. The average molecular weight is 626 g/mol. The van der Waals surface area contributed by atoms with Gasteiger partial charge in [-0.15, -0.1) is 21.9 Å². The van der Waals surface area contributed by atoms with Gasteiger partial charge in [0.15, 0.2) is 0 Å². The molecule has 0 spiro atoms. The van der Waals surface area contributed by atoms with Gasteiger partial charge in [-0.1, -0.05) is 121 Å². The van der Waals surface area contributed by atoms with Crippen LogP contribution in [0.25, 0.3) is 11.4 Å². The highest BCUT2D eigenvalue weighted by Gasteiger charge is 2.51. The number of carbonyl (C=O) groups excluding carboxylic acids is 1. The summed E-state index contributed by atoms with van der Waals surface area (Å²) in [4.78, 5) is 9.44. The van der Waals surface area contributed by atoms with Crippen LogP contribution in [-0.4, -0.2) is 28.0 Å². The Labute approximate surface area is 280 Å². The molecule has 0 amide bonds. The number of Topliss-reactive ketones (excluding diaryl/α,β-unsaturated/α-hetero) is 1. The van der Waals surface area contributed by atoms with Crippen molar-refractivity contribution in [2.45, 2.75) is 13.8 Å². The minimum Gasteiger partial charge on any atom is -0.485 e. The molecule has 0 unspecified atom stereocenters. The van der Waals surface area contributed by atoms with Crippen LogP contribution in [0.5, 0.6) is 0 Å². The van der Waals surface area contributed by atoms with Crippen molar-refractivity contribution in [1.82, 2.24) is 9.36 Å². The zero-order valence-electron chi connectivity index (χ0n) is 27.0. The summed E-state index contributed by atoms with van der Waals surface area (Å²) in [5.74, 6) is 0.167. The Morgan fingerprint density at radius 1 is 0.479 bits per heavy atom. The molecule has 2 N–H and O–H groups in total. The molecule has 0 atom stereocenters. The monoisotopic (exact) mass is 626 g/mol. The maximum Gasteiger partial charge on any atom is 0.450 e. The van der Waals surface area contributed by atoms with E-state index >= 15 is 0 Å². The summed E-state index contributed by atoms with van der Waals surface area (Å²) >= 11 is 0. The molecule has 2 aromatic heterocycles. The van der Waals surface area contributed by atoms with Crippen molar-refractivity contribution >= 4 is 51.8 Å². The average Bonchev–Trinajstić information content (AvgIpc) is 3.84. The highest BCUT2D eigenvalue weighted by Crippen LogP contribution is 2.39. The number of rotatable bonds is 4. The lowest BCUT2D eigenvalue weighted by atomic mass is 9.36. The topological polar surface area (TPSA) is 58.8 Å². The Kier molecular flexibility index (Phi) is 7.10. The number of benzene rings is 5. The Balaban J connectivity index is 0.000000799. The fourth-order valence-electron chi connectivity index (χ4n) is 7.81. The molecule has 5 aromatic carbocycles. The number of aromatic nitrogens is 4. The Bertz CT molecular complexity index is 2000. The highest BCUT2D eigenvalue weighted by molar-refractivity contribution is 6.99. The van der Waals surface area contributed by atoms with E-state index in [1.54, 1.807) is 0 Å². The summed E-state index contributed by atoms with van der Waals surface area (Å²) in [6.07, 6.45) is 5.40. The third kappa shape index (κ3) is 4.42. The normalized spacial score (nSPS) is 14.4. The van der Waals surface area contributed by atoms with E-state index < -0.39 is 12.8 Å². The van der Waals surface area contributed by atoms with Crippen LogP contribution in [0.4, 0.5) is 11.4 Å². The van der Waals surface area contributed by atoms with Crippen molar-refractivity contribution < 1.29 is 14.0 Å². The summed E-state index contributed by atoms with van der Waals surface area (Å²) in [5, 5.41) is 8.41. The standard InChI is InChI=1S/C36H30B2N6.C3H6O/c1-5-15-29(16-6-1)37(30-17-7-2-8-18-30)39-35-33(41-25-13-27-43(37)41)23-24-34-36(35)40-38(31-19-9-3-10-20-31,32-21-11-4-12-22-32)44-28-14-26-42(34)44;1-3(2)4/h1-28,39-40H;1-2H3. The summed E-state index contributed by atoms with van der Waals surface area (Å²) < 4.78 is 9.33. The van der Waals surface area contributed by atoms with Gasteiger partial charge in [0, 0.05) is 12.1 Å². The number of anilines is 2. The van der Waals surface area contributed by atoms with Gasteiger partial charge in [-0.2, -0.15) is 9.36 Å². The number of hydrogen-bond acceptors (Lipinski definition) is 3. The molecule has 0 aliphatic carbocycles. The molecule has 9 rings (SSSR count). The van der Waals surface area contributed by atoms with E-state index in [1.165, 1.54) is 35.7 Å². The zero-order chi connectivity index (χ0) is 32.7. The molecule has 9 heteroatoms. The maximum absolute atomic E-state index is 9.44. The molecule has 48 heavy (non-hydrogen) atoms. The number of hydrogen-bond donors (Lipinski definition) is 2. The lowest BCUT2D eigenvalue weighted by Crippen LogP contribution is -2.87. The predicted molar refractivity (Wildman–Crippen MR) is 196 cm³/mol. The first-order valence-electron chi connectivity index (χ1n) is 16.5. The second kappa shape index (κ2) is 11.6. The lowest BCUT2D eigenvalue weighted by Gasteiger charge is -2.46. The van der Waals surface area contributed by atoms with Gasteiger partial charge in [-0.3, -0.25) is 9.19 Å². The van der Waals surface area contributed by atoms with Crippen LogP contribution in [-0.2, 0) is 4.79 Å². The van der Waals surface area contributed by atoms with Crippen LogP contribution in [0.3, 0.4) is 0 Å². The van der Waals surface area contributed by atoms with E-state index in [2.05, 4.69) is 199 Å². The van der Waals surface area contributed by atoms with Crippen molar-refractivity contribution in [2.24, 2.45) is 0 Å². The van der Waals surface area contributed by atoms with Crippen molar-refractivity contribution in [2.75, 3.05) is 10.5 Å². The molecular formula is C39H36B2N6O. The van der Waals surface area contributed by atoms with Gasteiger partial charge < -0.3 is 15.3 Å². The van der Waals surface area contributed by atoms with Crippen LogP contribution >= 0.6 is 0 Å². The maximum atomic E-state index is 9.44. The van der Waals surface area contributed by atoms with E-state index in [4.69, 9.17) is 0 Å². The summed E-state index contributed by atoms with van der Waals surface area (Å²) in [6.45, 7) is 3.06. The van der Waals surface area contributed by atoms with Crippen molar-refractivity contribution in [3.8, 4) is 11.4 Å². The third-order valence-corrected chi connectivity index (χ3v) is 9.71. The lowest BCUT2D eigenvalue weighted by molar-refractivity contribution is -0.626. The minimum absolute atomic E-state index is 0.167. The first-order chi connectivity index (χ1) is 23.5. The molecule has 0 fully saturated rings. The predicted octanol–water partition coefficient (Wildman–Crippen LogP) is 3.50. The molecule has 0 saturated carbocycles. The molecule has 2 aliphatic rings. The third-order valence-electron chi connectivity index (χ3n) is 9.71. The van der Waals surface area contributed by atoms with E-state index in [0.717, 1.165) is 22.7 Å². The molecule has 0 bridgehead atoms. The first-order valence-corrected chi connectivity index (χ1v) is 16.5. The summed E-state index contributed by atoms with van der Waals surface area (Å²) in [5.41, 5.74) is 9.18. The van der Waals surface area contributed by atoms with Crippen LogP contribution in [0.15, 0.2) is 170 Å². The van der Waals surface area contributed by atoms with Gasteiger partial charge >= 0.3 is 12.8 Å². The number of nitrogens with one attached hydrogen (secondary N) is 2. The van der Waals surface area contributed by atoms with Crippen molar-refractivity contribution in [3.63, 3.8) is 0 Å². The number of carbonyl (C=O) groups is 1. The van der Waals surface area contributed by atoms with Gasteiger partial charge in [-0.05, 0) is 26.0 Å². The van der Waals surface area contributed by atoms with Crippen LogP contribution in [0, 0.1) is 0 Å². The molecule has 2 aliphatic heterocycles. The van der Waals surface area contributed by atoms with Gasteiger partial charge in [0.1, 0.15) is 29.6 Å². The molecule has 234 valence electrons. The minimum atomic E-state index is -1.65. The van der Waals surface area contributed by atoms with E-state index in [0.29, 0.717) is 0 Å². The largest absolute Gasteiger partial charge is 0.485 e. The van der Waals surface area contributed by atoms with Crippen LogP contribution < -0.4 is 41.5 Å². The SMILES string of the molecule is CC(C)=O.c1ccc([B-]2(c3ccccc3)Nc3c(ccc4c3N[B-](c3ccccc3)(c3ccccc3)[n+]3cccn3-4)-n3ccc[n+]32)cc1. The van der Waals surface area contributed by atoms with Crippen LogP contribution in [0.1, 0.15) is 13.8 Å². The molecule has 0 radical (unpaired) electrons. The molecule has 0 saturated heterocycles. The Morgan fingerprint density at radius 2 is 0.771 bits per heavy atom. The molecular weight excluding hydrogens is 590 g/mol. The zero-order valence-corrected chi connectivity index (χ0v) is 27.0. The number of ketones is 1.